The van der Waals surface area contributed by atoms with E-state index in [0.717, 1.165) is 0 Å². The summed E-state index contributed by atoms with van der Waals surface area (Å²) < 4.78 is 0. The Morgan fingerprint density at radius 3 is 1.06 bits per heavy atom. The van der Waals surface area contributed by atoms with E-state index < -0.39 is 0 Å². The standard InChI is InChI=1S/C84H72/c1-81(2,3)55-41-53(42-56(47-55)82(4,5)6)73-65-38-37-52(60-39-40-68-75-62(60)34-24-35-66(75)77-71(49-25-15-13-16-26-49)63-31-21-22-32-64(63)72(79(68)77)50-27-17-14-18-28-50)45-69(65)74(54-43-57(83(7,8)9)48-58(44-54)84(10,11)12)78-67-36-23-33-61-59-30-20-19-29-51(59)46-70(76(61)67)80(73)78/h13-48H,1-12H3. The van der Waals surface area contributed by atoms with Crippen LogP contribution >= 0.6 is 0 Å². The first-order valence-electron chi connectivity index (χ1n) is 30.4. The third-order valence-corrected chi connectivity index (χ3v) is 18.9. The van der Waals surface area contributed by atoms with Gasteiger partial charge in [-0.1, -0.05) is 289 Å². The lowest BCUT2D eigenvalue weighted by molar-refractivity contribution is 0.568. The van der Waals surface area contributed by atoms with Gasteiger partial charge in [0.25, 0.3) is 0 Å². The number of benzene rings is 13. The molecule has 0 unspecified atom stereocenters. The van der Waals surface area contributed by atoms with Crippen molar-refractivity contribution >= 4 is 53.9 Å². The molecule has 0 bridgehead atoms. The van der Waals surface area contributed by atoms with E-state index in [9.17, 15) is 0 Å². The Hall–Kier alpha value is -8.84. The van der Waals surface area contributed by atoms with Gasteiger partial charge in [0.05, 0.1) is 0 Å². The van der Waals surface area contributed by atoms with E-state index in [0.29, 0.717) is 0 Å². The molecule has 84 heavy (non-hydrogen) atoms. The minimum atomic E-state index is -0.0909. The zero-order valence-electron chi connectivity index (χ0n) is 50.8. The molecule has 2 aliphatic carbocycles. The van der Waals surface area contributed by atoms with Crippen LogP contribution in [0.1, 0.15) is 105 Å². The first-order valence-corrected chi connectivity index (χ1v) is 30.4. The van der Waals surface area contributed by atoms with Crippen LogP contribution in [0.2, 0.25) is 0 Å². The molecule has 0 heteroatoms. The van der Waals surface area contributed by atoms with Crippen LogP contribution in [0.5, 0.6) is 0 Å². The van der Waals surface area contributed by atoms with Crippen LogP contribution in [0.15, 0.2) is 218 Å². The quantitative estimate of drug-likeness (QED) is 0.151. The van der Waals surface area contributed by atoms with Crippen LogP contribution in [0, 0.1) is 0 Å². The van der Waals surface area contributed by atoms with Crippen LogP contribution in [-0.4, -0.2) is 0 Å². The van der Waals surface area contributed by atoms with Gasteiger partial charge in [-0.15, -0.1) is 0 Å². The highest BCUT2D eigenvalue weighted by molar-refractivity contribution is 6.32. The molecule has 0 saturated heterocycles. The Morgan fingerprint density at radius 1 is 0.190 bits per heavy atom. The average molecular weight is 1080 g/mol. The van der Waals surface area contributed by atoms with Gasteiger partial charge in [-0.3, -0.25) is 0 Å². The van der Waals surface area contributed by atoms with E-state index in [1.54, 1.807) is 0 Å². The molecule has 2 aliphatic rings. The molecule has 0 aromatic heterocycles. The second-order valence-electron chi connectivity index (χ2n) is 28.4. The fourth-order valence-electron chi connectivity index (χ4n) is 14.5. The summed E-state index contributed by atoms with van der Waals surface area (Å²) in [5.41, 5.74) is 28.3. The lowest BCUT2D eigenvalue weighted by atomic mass is 9.75. The third kappa shape index (κ3) is 7.93. The van der Waals surface area contributed by atoms with Crippen LogP contribution in [-0.2, 0) is 21.7 Å². The fourth-order valence-corrected chi connectivity index (χ4v) is 14.5. The van der Waals surface area contributed by atoms with Gasteiger partial charge in [-0.25, -0.2) is 0 Å². The van der Waals surface area contributed by atoms with Gasteiger partial charge in [0, 0.05) is 0 Å². The minimum absolute atomic E-state index is 0.0795. The van der Waals surface area contributed by atoms with Gasteiger partial charge in [-0.05, 0) is 210 Å². The van der Waals surface area contributed by atoms with Gasteiger partial charge in [0.2, 0.25) is 0 Å². The Kier molecular flexibility index (Phi) is 11.3. The summed E-state index contributed by atoms with van der Waals surface area (Å²) in [6.07, 6.45) is 0. The van der Waals surface area contributed by atoms with Gasteiger partial charge >= 0.3 is 0 Å². The predicted octanol–water partition coefficient (Wildman–Crippen LogP) is 24.3. The number of hydrogen-bond donors (Lipinski definition) is 0. The molecular weight excluding hydrogens is 1010 g/mol. The van der Waals surface area contributed by atoms with Gasteiger partial charge in [0.15, 0.2) is 0 Å². The maximum absolute atomic E-state index is 2.60. The second-order valence-corrected chi connectivity index (χ2v) is 28.4. The average Bonchev–Trinajstić information content (AvgIpc) is 1.54. The summed E-state index contributed by atoms with van der Waals surface area (Å²) in [7, 11) is 0. The smallest absolute Gasteiger partial charge is 0.000719 e. The Bertz CT molecular complexity index is 4780. The van der Waals surface area contributed by atoms with Crippen LogP contribution in [0.4, 0.5) is 0 Å². The van der Waals surface area contributed by atoms with E-state index in [4.69, 9.17) is 0 Å². The topological polar surface area (TPSA) is 0 Å². The van der Waals surface area contributed by atoms with Crippen molar-refractivity contribution in [2.75, 3.05) is 0 Å². The molecule has 0 N–H and O–H groups in total. The van der Waals surface area contributed by atoms with Gasteiger partial charge in [0.1, 0.15) is 0 Å². The summed E-state index contributed by atoms with van der Waals surface area (Å²) in [4.78, 5) is 0. The molecule has 0 aliphatic heterocycles. The van der Waals surface area contributed by atoms with Crippen molar-refractivity contribution in [3.63, 3.8) is 0 Å². The second kappa shape index (κ2) is 18.3. The molecule has 0 saturated carbocycles. The van der Waals surface area contributed by atoms with Crippen LogP contribution < -0.4 is 0 Å². The van der Waals surface area contributed by atoms with Crippen molar-refractivity contribution in [2.24, 2.45) is 0 Å². The zero-order chi connectivity index (χ0) is 57.9. The molecule has 0 heterocycles. The van der Waals surface area contributed by atoms with E-state index >= 15 is 0 Å². The highest BCUT2D eigenvalue weighted by Crippen LogP contribution is 2.62. The van der Waals surface area contributed by atoms with Crippen molar-refractivity contribution in [3.05, 3.63) is 241 Å². The molecule has 0 spiro atoms. The molecular formula is C84H72. The lowest BCUT2D eigenvalue weighted by Crippen LogP contribution is -2.17. The molecule has 0 fully saturated rings. The van der Waals surface area contributed by atoms with Gasteiger partial charge < -0.3 is 0 Å². The summed E-state index contributed by atoms with van der Waals surface area (Å²) in [6, 6.07) is 84.6. The monoisotopic (exact) mass is 1080 g/mol. The Morgan fingerprint density at radius 2 is 0.560 bits per heavy atom. The van der Waals surface area contributed by atoms with Crippen molar-refractivity contribution in [1.82, 2.24) is 0 Å². The first-order chi connectivity index (χ1) is 40.2. The molecule has 13 aromatic rings. The van der Waals surface area contributed by atoms with E-state index in [2.05, 4.69) is 301 Å². The molecule has 0 nitrogen and oxygen atoms in total. The molecule has 15 rings (SSSR count). The van der Waals surface area contributed by atoms with Crippen molar-refractivity contribution in [2.45, 2.75) is 105 Å². The molecule has 408 valence electrons. The summed E-state index contributed by atoms with van der Waals surface area (Å²) in [5, 5.41) is 12.9. The van der Waals surface area contributed by atoms with E-state index in [1.165, 1.54) is 176 Å². The molecule has 0 atom stereocenters. The number of hydrogen-bond acceptors (Lipinski definition) is 0. The minimum Gasteiger partial charge on any atom is -0.0622 e. The SMILES string of the molecule is CC(C)(C)c1cc(-c2c3c(c(-c4cc(C(C)(C)C)cc(C(C)(C)C)c4)c4cc(-c5ccc6c7c(cccc57)-c5c-6c(-c6ccccc6)c6ccccc6c5-c5ccccc5)ccc24)-c2cccc4c2c-3cc2ccccc24)cc(C(C)(C)C)c1. The van der Waals surface area contributed by atoms with E-state index in [1.807, 2.05) is 0 Å². The van der Waals surface area contributed by atoms with Crippen molar-refractivity contribution in [3.8, 4) is 100 Å². The highest BCUT2D eigenvalue weighted by Gasteiger charge is 2.36. The number of rotatable bonds is 5. The lowest BCUT2D eigenvalue weighted by Gasteiger charge is -2.29. The van der Waals surface area contributed by atoms with Crippen molar-refractivity contribution in [1.29, 1.82) is 0 Å². The van der Waals surface area contributed by atoms with Crippen LogP contribution in [0.3, 0.4) is 0 Å². The third-order valence-electron chi connectivity index (χ3n) is 18.9. The largest absolute Gasteiger partial charge is 0.0622 e. The maximum Gasteiger partial charge on any atom is -0.000719 e. The predicted molar refractivity (Wildman–Crippen MR) is 365 cm³/mol. The van der Waals surface area contributed by atoms with E-state index in [-0.39, 0.29) is 21.7 Å². The normalized spacial score (nSPS) is 13.0. The molecule has 0 amide bonds. The summed E-state index contributed by atoms with van der Waals surface area (Å²) >= 11 is 0. The highest BCUT2D eigenvalue weighted by atomic mass is 14.4. The number of fused-ring (bicyclic) bond motifs is 10. The maximum atomic E-state index is 2.60. The van der Waals surface area contributed by atoms with Gasteiger partial charge in [-0.2, -0.15) is 0 Å². The fraction of sp³-hybridized carbons (Fsp3) is 0.190. The summed E-state index contributed by atoms with van der Waals surface area (Å²) in [5.74, 6) is 0. The van der Waals surface area contributed by atoms with Crippen molar-refractivity contribution < 1.29 is 0 Å². The van der Waals surface area contributed by atoms with Crippen LogP contribution in [0.25, 0.3) is 154 Å². The zero-order valence-corrected chi connectivity index (χ0v) is 50.8. The molecule has 13 aromatic carbocycles. The molecule has 0 radical (unpaired) electrons. The Balaban J connectivity index is 1.10. The summed E-state index contributed by atoms with van der Waals surface area (Å²) in [6.45, 7) is 28.5. The Labute approximate surface area is 496 Å². The first kappa shape index (κ1) is 52.0.